The van der Waals surface area contributed by atoms with Crippen LogP contribution in [0.4, 0.5) is 0 Å². The minimum atomic E-state index is -3.33. The van der Waals surface area contributed by atoms with Crippen molar-refractivity contribution in [1.29, 1.82) is 0 Å². The summed E-state index contributed by atoms with van der Waals surface area (Å²) in [6.07, 6.45) is 0. The van der Waals surface area contributed by atoms with Gasteiger partial charge in [-0.2, -0.15) is 0 Å². The zero-order valence-corrected chi connectivity index (χ0v) is 6.90. The van der Waals surface area contributed by atoms with Crippen LogP contribution >= 0.6 is 0 Å². The van der Waals surface area contributed by atoms with E-state index >= 15 is 0 Å². The van der Waals surface area contributed by atoms with Gasteiger partial charge in [0.15, 0.2) is 9.84 Å². The quantitative estimate of drug-likeness (QED) is 0.578. The summed E-state index contributed by atoms with van der Waals surface area (Å²) in [4.78, 5) is 0. The maximum atomic E-state index is 10.5. The van der Waals surface area contributed by atoms with Crippen molar-refractivity contribution in [3.05, 3.63) is 12.0 Å². The van der Waals surface area contributed by atoms with Gasteiger partial charge in [0.25, 0.3) is 0 Å². The minimum Gasteiger partial charge on any atom is -0.232 e. The van der Waals surface area contributed by atoms with Crippen molar-refractivity contribution in [3.63, 3.8) is 0 Å². The predicted octanol–water partition coefficient (Wildman–Crippen LogP) is -0.844. The lowest BCUT2D eigenvalue weighted by Gasteiger charge is -1.89. The van der Waals surface area contributed by atoms with Crippen LogP contribution in [0.3, 0.4) is 0 Å². The molecular formula is C4H8O4S2. The molecule has 0 saturated carbocycles. The number of hydrogen-bond acceptors (Lipinski definition) is 4. The number of sulfone groups is 1. The maximum Gasteiger partial charge on any atom is 0.172 e. The van der Waals surface area contributed by atoms with Crippen molar-refractivity contribution in [2.45, 2.75) is 0 Å². The Kier molecular flexibility index (Phi) is 3.59. The van der Waals surface area contributed by atoms with E-state index in [-0.39, 0.29) is 11.5 Å². The van der Waals surface area contributed by atoms with Gasteiger partial charge in [-0.3, -0.25) is 0 Å². The summed E-state index contributed by atoms with van der Waals surface area (Å²) in [6.45, 7) is 3.03. The first-order valence-electron chi connectivity index (χ1n) is 2.45. The van der Waals surface area contributed by atoms with Gasteiger partial charge in [0, 0.05) is 5.41 Å². The Hall–Kier alpha value is -0.360. The van der Waals surface area contributed by atoms with Crippen LogP contribution in [0.1, 0.15) is 0 Å². The Balaban J connectivity index is 4.05. The summed E-state index contributed by atoms with van der Waals surface area (Å²) in [7, 11) is -5.93. The van der Waals surface area contributed by atoms with Crippen molar-refractivity contribution < 1.29 is 16.8 Å². The van der Waals surface area contributed by atoms with Gasteiger partial charge in [-0.05, 0) is 0 Å². The fourth-order valence-corrected chi connectivity index (χ4v) is 2.07. The first-order valence-corrected chi connectivity index (χ1v) is 5.53. The highest BCUT2D eigenvalue weighted by Gasteiger charge is 2.03. The van der Waals surface area contributed by atoms with Crippen molar-refractivity contribution in [2.24, 2.45) is 0 Å². The smallest absolute Gasteiger partial charge is 0.172 e. The molecule has 0 aliphatic heterocycles. The minimum absolute atomic E-state index is 0.330. The molecule has 0 aromatic carbocycles. The van der Waals surface area contributed by atoms with Crippen LogP contribution < -0.4 is 0 Å². The van der Waals surface area contributed by atoms with E-state index in [1.165, 1.54) is 0 Å². The average Bonchev–Trinajstić information content (AvgIpc) is 1.85. The van der Waals surface area contributed by atoms with E-state index in [9.17, 15) is 16.8 Å². The summed E-state index contributed by atoms with van der Waals surface area (Å²) in [5, 5.41) is 0.756. The Morgan fingerprint density at radius 2 is 1.90 bits per heavy atom. The fraction of sp³-hybridized carbons (Fsp3) is 0.500. The van der Waals surface area contributed by atoms with Gasteiger partial charge in [-0.1, -0.05) is 6.58 Å². The van der Waals surface area contributed by atoms with E-state index in [1.54, 1.807) is 0 Å². The molecule has 0 amide bonds. The van der Waals surface area contributed by atoms with Crippen LogP contribution in [0.15, 0.2) is 12.0 Å². The van der Waals surface area contributed by atoms with E-state index in [1.807, 2.05) is 0 Å². The van der Waals surface area contributed by atoms with Crippen LogP contribution in [0.5, 0.6) is 0 Å². The third kappa shape index (κ3) is 4.51. The maximum absolute atomic E-state index is 10.5. The van der Waals surface area contributed by atoms with E-state index < -0.39 is 20.5 Å². The van der Waals surface area contributed by atoms with Crippen molar-refractivity contribution >= 4 is 20.5 Å². The lowest BCUT2D eigenvalue weighted by Crippen LogP contribution is -2.06. The lowest BCUT2D eigenvalue weighted by molar-refractivity contribution is 0.601. The highest BCUT2D eigenvalue weighted by atomic mass is 32.2. The second kappa shape index (κ2) is 3.72. The number of rotatable bonds is 4. The molecule has 60 valence electrons. The Morgan fingerprint density at radius 1 is 1.40 bits per heavy atom. The average molecular weight is 184 g/mol. The monoisotopic (exact) mass is 184 g/mol. The molecule has 0 atom stereocenters. The first kappa shape index (κ1) is 9.64. The molecule has 4 nitrogen and oxygen atoms in total. The molecule has 0 spiro atoms. The molecule has 0 bridgehead atoms. The van der Waals surface area contributed by atoms with Crippen molar-refractivity contribution in [3.8, 4) is 0 Å². The van der Waals surface area contributed by atoms with Crippen molar-refractivity contribution in [2.75, 3.05) is 11.5 Å². The van der Waals surface area contributed by atoms with E-state index in [0.717, 1.165) is 5.41 Å². The molecule has 0 rings (SSSR count). The van der Waals surface area contributed by atoms with E-state index in [0.29, 0.717) is 0 Å². The van der Waals surface area contributed by atoms with Gasteiger partial charge in [0.1, 0.15) is 10.7 Å². The first-order chi connectivity index (χ1) is 4.48. The largest absolute Gasteiger partial charge is 0.232 e. The van der Waals surface area contributed by atoms with Crippen LogP contribution in [-0.4, -0.2) is 28.3 Å². The fourth-order valence-electron chi connectivity index (χ4n) is 0.285. The molecule has 0 unspecified atom stereocenters. The predicted molar refractivity (Wildman–Crippen MR) is 39.2 cm³/mol. The zero-order valence-electron chi connectivity index (χ0n) is 5.19. The van der Waals surface area contributed by atoms with Crippen LogP contribution in [-0.2, 0) is 20.5 Å². The Labute approximate surface area is 61.4 Å². The molecule has 10 heavy (non-hydrogen) atoms. The Bertz CT molecular complexity index is 264. The van der Waals surface area contributed by atoms with Crippen LogP contribution in [0.2, 0.25) is 0 Å². The van der Waals surface area contributed by atoms with Gasteiger partial charge in [-0.15, -0.1) is 0 Å². The molecule has 0 aliphatic rings. The third-order valence-corrected chi connectivity index (χ3v) is 2.98. The lowest BCUT2D eigenvalue weighted by atomic mass is 11.0. The molecule has 0 aliphatic carbocycles. The summed E-state index contributed by atoms with van der Waals surface area (Å²) < 4.78 is 40.8. The molecule has 0 fully saturated rings. The summed E-state index contributed by atoms with van der Waals surface area (Å²) in [5.74, 6) is -0.696. The second-order valence-electron chi connectivity index (χ2n) is 1.59. The van der Waals surface area contributed by atoms with Gasteiger partial charge in [0.2, 0.25) is 0 Å². The highest BCUT2D eigenvalue weighted by molar-refractivity contribution is 7.94. The molecule has 0 aromatic rings. The molecule has 0 N–H and O–H groups in total. The standard InChI is InChI=1S/C4H8O4S2/c1-2-10(7,8)4-3-9(5)6/h2,9H,1,3-4H2. The van der Waals surface area contributed by atoms with Gasteiger partial charge >= 0.3 is 0 Å². The van der Waals surface area contributed by atoms with Gasteiger partial charge < -0.3 is 0 Å². The van der Waals surface area contributed by atoms with Crippen molar-refractivity contribution in [1.82, 2.24) is 0 Å². The molecule has 0 saturated heterocycles. The summed E-state index contributed by atoms with van der Waals surface area (Å²) in [5.41, 5.74) is 0. The number of hydrogen-bond donors (Lipinski definition) is 1. The second-order valence-corrected chi connectivity index (χ2v) is 4.77. The summed E-state index contributed by atoms with van der Waals surface area (Å²) in [6, 6.07) is 0. The van der Waals surface area contributed by atoms with Crippen LogP contribution in [0, 0.1) is 0 Å². The normalized spacial score (nSPS) is 11.7. The molecule has 0 heterocycles. The SMILES string of the molecule is C=CS(=O)(=O)CC[SH](=O)=O. The van der Waals surface area contributed by atoms with Crippen LogP contribution in [0.25, 0.3) is 0 Å². The molecule has 0 radical (unpaired) electrons. The van der Waals surface area contributed by atoms with Gasteiger partial charge in [-0.25, -0.2) is 16.8 Å². The third-order valence-electron chi connectivity index (χ3n) is 0.812. The van der Waals surface area contributed by atoms with E-state index in [2.05, 4.69) is 6.58 Å². The molecule has 6 heteroatoms. The number of thiol groups is 1. The molecule has 0 aromatic heterocycles. The summed E-state index contributed by atoms with van der Waals surface area (Å²) >= 11 is 0. The highest BCUT2D eigenvalue weighted by Crippen LogP contribution is 1.88. The molecular weight excluding hydrogens is 176 g/mol. The Morgan fingerprint density at radius 3 is 2.20 bits per heavy atom. The zero-order chi connectivity index (χ0) is 8.20. The van der Waals surface area contributed by atoms with Gasteiger partial charge in [0.05, 0.1) is 11.5 Å². The topological polar surface area (TPSA) is 68.3 Å². The van der Waals surface area contributed by atoms with E-state index in [4.69, 9.17) is 0 Å².